The fourth-order valence-electron chi connectivity index (χ4n) is 1.91. The standard InChI is InChI=1S/C12H14N4/c1-12(2,3)16-9-6-4-5-8(7-13)10(9)15-11(16)14/h4-6H,1-3H3,(H2,14,15). The predicted molar refractivity (Wildman–Crippen MR) is 63.9 cm³/mol. The second-order valence-corrected chi connectivity index (χ2v) is 4.76. The molecule has 4 heteroatoms. The Kier molecular flexibility index (Phi) is 2.13. The van der Waals surface area contributed by atoms with Gasteiger partial charge >= 0.3 is 0 Å². The van der Waals surface area contributed by atoms with Gasteiger partial charge in [0.05, 0.1) is 11.1 Å². The van der Waals surface area contributed by atoms with Crippen molar-refractivity contribution in [3.8, 4) is 6.07 Å². The van der Waals surface area contributed by atoms with E-state index in [0.717, 1.165) is 5.52 Å². The number of aromatic nitrogens is 2. The molecule has 1 aromatic carbocycles. The lowest BCUT2D eigenvalue weighted by atomic mass is 10.1. The van der Waals surface area contributed by atoms with Crippen LogP contribution in [0.3, 0.4) is 0 Å². The maximum Gasteiger partial charge on any atom is 0.201 e. The minimum Gasteiger partial charge on any atom is -0.369 e. The molecule has 0 radical (unpaired) electrons. The average molecular weight is 214 g/mol. The van der Waals surface area contributed by atoms with Crippen LogP contribution in [0.4, 0.5) is 5.95 Å². The number of nitrogens with two attached hydrogens (primary N) is 1. The van der Waals surface area contributed by atoms with Crippen molar-refractivity contribution in [3.05, 3.63) is 23.8 Å². The molecule has 16 heavy (non-hydrogen) atoms. The third-order valence-corrected chi connectivity index (χ3v) is 2.50. The molecule has 82 valence electrons. The molecule has 0 atom stereocenters. The number of rotatable bonds is 0. The summed E-state index contributed by atoms with van der Waals surface area (Å²) in [6, 6.07) is 7.67. The molecule has 1 aromatic heterocycles. The van der Waals surface area contributed by atoms with Crippen LogP contribution in [-0.4, -0.2) is 9.55 Å². The number of hydrogen-bond acceptors (Lipinski definition) is 3. The van der Waals surface area contributed by atoms with Gasteiger partial charge in [-0.2, -0.15) is 5.26 Å². The molecule has 0 saturated carbocycles. The normalized spacial score (nSPS) is 11.6. The monoisotopic (exact) mass is 214 g/mol. The zero-order chi connectivity index (χ0) is 11.9. The summed E-state index contributed by atoms with van der Waals surface area (Å²) in [7, 11) is 0. The number of imidazole rings is 1. The second-order valence-electron chi connectivity index (χ2n) is 4.76. The van der Waals surface area contributed by atoms with Crippen molar-refractivity contribution in [2.24, 2.45) is 0 Å². The predicted octanol–water partition coefficient (Wildman–Crippen LogP) is 2.25. The smallest absolute Gasteiger partial charge is 0.201 e. The van der Waals surface area contributed by atoms with E-state index < -0.39 is 0 Å². The third-order valence-electron chi connectivity index (χ3n) is 2.50. The van der Waals surface area contributed by atoms with Gasteiger partial charge in [-0.1, -0.05) is 6.07 Å². The Morgan fingerprint density at radius 1 is 1.38 bits per heavy atom. The van der Waals surface area contributed by atoms with E-state index in [4.69, 9.17) is 11.0 Å². The Balaban J connectivity index is 2.88. The van der Waals surface area contributed by atoms with Crippen molar-refractivity contribution in [2.45, 2.75) is 26.3 Å². The topological polar surface area (TPSA) is 67.6 Å². The average Bonchev–Trinajstić information content (AvgIpc) is 2.52. The summed E-state index contributed by atoms with van der Waals surface area (Å²) in [6.07, 6.45) is 0. The van der Waals surface area contributed by atoms with Gasteiger partial charge < -0.3 is 10.3 Å². The van der Waals surface area contributed by atoms with E-state index in [2.05, 4.69) is 31.8 Å². The number of para-hydroxylation sites is 1. The lowest BCUT2D eigenvalue weighted by molar-refractivity contribution is 0.414. The molecule has 0 fully saturated rings. The summed E-state index contributed by atoms with van der Waals surface area (Å²) >= 11 is 0. The van der Waals surface area contributed by atoms with E-state index in [1.54, 1.807) is 6.07 Å². The van der Waals surface area contributed by atoms with Crippen LogP contribution in [-0.2, 0) is 5.54 Å². The number of nitriles is 1. The third kappa shape index (κ3) is 1.41. The van der Waals surface area contributed by atoms with Crippen LogP contribution in [0.1, 0.15) is 26.3 Å². The molecule has 0 aliphatic carbocycles. The summed E-state index contributed by atoms with van der Waals surface area (Å²) in [6.45, 7) is 6.18. The van der Waals surface area contributed by atoms with Gasteiger partial charge in [0.25, 0.3) is 0 Å². The van der Waals surface area contributed by atoms with Crippen molar-refractivity contribution in [3.63, 3.8) is 0 Å². The quantitative estimate of drug-likeness (QED) is 0.731. The molecule has 0 aliphatic heterocycles. The maximum atomic E-state index is 9.00. The highest BCUT2D eigenvalue weighted by atomic mass is 15.2. The summed E-state index contributed by atoms with van der Waals surface area (Å²) < 4.78 is 1.95. The molecule has 1 heterocycles. The highest BCUT2D eigenvalue weighted by Crippen LogP contribution is 2.27. The summed E-state index contributed by atoms with van der Waals surface area (Å²) in [5.41, 5.74) is 7.91. The Hall–Kier alpha value is -2.02. The maximum absolute atomic E-state index is 9.00. The molecule has 4 nitrogen and oxygen atoms in total. The Bertz CT molecular complexity index is 581. The minimum absolute atomic E-state index is 0.146. The first-order chi connectivity index (χ1) is 7.45. The van der Waals surface area contributed by atoms with Crippen LogP contribution in [0.15, 0.2) is 18.2 Å². The van der Waals surface area contributed by atoms with E-state index >= 15 is 0 Å². The molecule has 0 bridgehead atoms. The molecule has 2 aromatic rings. The van der Waals surface area contributed by atoms with E-state index in [9.17, 15) is 0 Å². The van der Waals surface area contributed by atoms with Gasteiger partial charge in [-0.15, -0.1) is 0 Å². The number of hydrogen-bond donors (Lipinski definition) is 1. The van der Waals surface area contributed by atoms with Crippen molar-refractivity contribution < 1.29 is 0 Å². The number of nitrogen functional groups attached to an aromatic ring is 1. The molecule has 0 spiro atoms. The molecule has 0 saturated heterocycles. The van der Waals surface area contributed by atoms with Crippen LogP contribution < -0.4 is 5.73 Å². The fourth-order valence-corrected chi connectivity index (χ4v) is 1.91. The van der Waals surface area contributed by atoms with Crippen molar-refractivity contribution in [2.75, 3.05) is 5.73 Å². The van der Waals surface area contributed by atoms with Gasteiger partial charge in [-0.25, -0.2) is 4.98 Å². The number of anilines is 1. The van der Waals surface area contributed by atoms with Crippen molar-refractivity contribution in [1.82, 2.24) is 9.55 Å². The van der Waals surface area contributed by atoms with Crippen LogP contribution in [0.2, 0.25) is 0 Å². The largest absolute Gasteiger partial charge is 0.369 e. The summed E-state index contributed by atoms with van der Waals surface area (Å²) in [4.78, 5) is 4.27. The van der Waals surface area contributed by atoms with E-state index in [1.165, 1.54) is 0 Å². The highest BCUT2D eigenvalue weighted by Gasteiger charge is 2.20. The first-order valence-electron chi connectivity index (χ1n) is 5.12. The van der Waals surface area contributed by atoms with Crippen molar-refractivity contribution >= 4 is 17.0 Å². The highest BCUT2D eigenvalue weighted by molar-refractivity contribution is 5.84. The van der Waals surface area contributed by atoms with E-state index in [-0.39, 0.29) is 5.54 Å². The minimum atomic E-state index is -0.146. The van der Waals surface area contributed by atoms with Crippen LogP contribution in [0, 0.1) is 11.3 Å². The molecule has 2 N–H and O–H groups in total. The zero-order valence-electron chi connectivity index (χ0n) is 9.65. The SMILES string of the molecule is CC(C)(C)n1c(N)nc2c(C#N)cccc21. The van der Waals surface area contributed by atoms with Gasteiger partial charge in [0.15, 0.2) is 0 Å². The van der Waals surface area contributed by atoms with Gasteiger partial charge in [0, 0.05) is 5.54 Å². The number of benzene rings is 1. The summed E-state index contributed by atoms with van der Waals surface area (Å²) in [5, 5.41) is 9.00. The molecule has 2 rings (SSSR count). The Labute approximate surface area is 94.3 Å². The second kappa shape index (κ2) is 3.24. The molecule has 0 amide bonds. The van der Waals surface area contributed by atoms with E-state index in [1.807, 2.05) is 16.7 Å². The van der Waals surface area contributed by atoms with Gasteiger partial charge in [0.2, 0.25) is 5.95 Å². The zero-order valence-corrected chi connectivity index (χ0v) is 9.65. The Morgan fingerprint density at radius 3 is 2.62 bits per heavy atom. The lowest BCUT2D eigenvalue weighted by Crippen LogP contribution is -2.23. The fraction of sp³-hybridized carbons (Fsp3) is 0.333. The number of fused-ring (bicyclic) bond motifs is 1. The van der Waals surface area contributed by atoms with Crippen LogP contribution in [0.5, 0.6) is 0 Å². The number of nitrogens with zero attached hydrogens (tertiary/aromatic N) is 3. The first kappa shape index (κ1) is 10.5. The molecule has 0 unspecified atom stereocenters. The first-order valence-corrected chi connectivity index (χ1v) is 5.12. The molecular formula is C12H14N4. The lowest BCUT2D eigenvalue weighted by Gasteiger charge is -2.23. The van der Waals surface area contributed by atoms with Crippen molar-refractivity contribution in [1.29, 1.82) is 5.26 Å². The van der Waals surface area contributed by atoms with Crippen LogP contribution in [0.25, 0.3) is 11.0 Å². The van der Waals surface area contributed by atoms with Crippen LogP contribution >= 0.6 is 0 Å². The summed E-state index contributed by atoms with van der Waals surface area (Å²) in [5.74, 6) is 0.449. The van der Waals surface area contributed by atoms with Gasteiger partial charge in [-0.3, -0.25) is 0 Å². The molecular weight excluding hydrogens is 200 g/mol. The van der Waals surface area contributed by atoms with E-state index in [0.29, 0.717) is 17.0 Å². The Morgan fingerprint density at radius 2 is 2.06 bits per heavy atom. The molecule has 0 aliphatic rings. The van der Waals surface area contributed by atoms with Gasteiger partial charge in [0.1, 0.15) is 11.6 Å². The van der Waals surface area contributed by atoms with Gasteiger partial charge in [-0.05, 0) is 32.9 Å².